The van der Waals surface area contributed by atoms with Gasteiger partial charge in [0.25, 0.3) is 0 Å². The second-order valence-corrected chi connectivity index (χ2v) is 6.05. The van der Waals surface area contributed by atoms with Crippen LogP contribution in [-0.2, 0) is 6.42 Å². The van der Waals surface area contributed by atoms with Gasteiger partial charge in [0.15, 0.2) is 11.5 Å². The van der Waals surface area contributed by atoms with Crippen LogP contribution in [-0.4, -0.2) is 28.7 Å². The number of ether oxygens (including phenoxy) is 2. The van der Waals surface area contributed by atoms with E-state index in [2.05, 4.69) is 25.2 Å². The average Bonchev–Trinajstić information content (AvgIpc) is 3.25. The number of hydrogen-bond donors (Lipinski definition) is 2. The smallest absolute Gasteiger partial charge is 0.395 e. The summed E-state index contributed by atoms with van der Waals surface area (Å²) in [6.45, 7) is 0.361. The van der Waals surface area contributed by atoms with Crippen molar-refractivity contribution < 1.29 is 23.0 Å². The summed E-state index contributed by atoms with van der Waals surface area (Å²) in [6.07, 6.45) is -1.29. The van der Waals surface area contributed by atoms with Crippen LogP contribution in [0.15, 0.2) is 60.8 Å². The van der Waals surface area contributed by atoms with E-state index in [1.165, 1.54) is 18.2 Å². The Balaban J connectivity index is 1.27. The van der Waals surface area contributed by atoms with Crippen LogP contribution in [0.5, 0.6) is 11.5 Å². The molecular weight excluding hydrogens is 370 g/mol. The van der Waals surface area contributed by atoms with E-state index in [-0.39, 0.29) is 11.5 Å². The largest absolute Gasteiger partial charge is 0.586 e. The lowest BCUT2D eigenvalue weighted by atomic mass is 10.3. The zero-order chi connectivity index (χ0) is 19.6. The number of rotatable bonds is 5. The van der Waals surface area contributed by atoms with Gasteiger partial charge in [0.1, 0.15) is 0 Å². The Labute approximate surface area is 158 Å². The van der Waals surface area contributed by atoms with Crippen molar-refractivity contribution in [2.75, 3.05) is 11.9 Å². The normalized spacial score (nSPS) is 13.9. The van der Waals surface area contributed by atoms with Gasteiger partial charge in [0, 0.05) is 30.9 Å². The van der Waals surface area contributed by atoms with Gasteiger partial charge in [0.05, 0.1) is 11.4 Å². The molecule has 0 unspecified atom stereocenters. The number of fused-ring (bicyclic) bond motifs is 1. The number of nitrogens with zero attached hydrogens (tertiary/aromatic N) is 2. The number of urea groups is 1. The number of nitrogens with one attached hydrogen (secondary N) is 2. The predicted octanol–water partition coefficient (Wildman–Crippen LogP) is 3.56. The zero-order valence-electron chi connectivity index (χ0n) is 14.6. The zero-order valence-corrected chi connectivity index (χ0v) is 14.6. The molecule has 0 saturated carbocycles. The Kier molecular flexibility index (Phi) is 4.56. The molecule has 0 atom stereocenters. The molecular formula is C19H16F2N4O3. The fourth-order valence-electron chi connectivity index (χ4n) is 2.73. The number of hydrogen-bond acceptors (Lipinski definition) is 4. The predicted molar refractivity (Wildman–Crippen MR) is 96.9 cm³/mol. The lowest BCUT2D eigenvalue weighted by Gasteiger charge is -2.07. The van der Waals surface area contributed by atoms with E-state index in [0.717, 1.165) is 11.4 Å². The number of aromatic nitrogens is 2. The molecule has 3 aromatic rings. The number of para-hydroxylation sites is 1. The van der Waals surface area contributed by atoms with Crippen molar-refractivity contribution in [1.29, 1.82) is 0 Å². The van der Waals surface area contributed by atoms with Crippen LogP contribution in [0, 0.1) is 0 Å². The molecule has 0 spiro atoms. The van der Waals surface area contributed by atoms with Crippen LogP contribution < -0.4 is 20.1 Å². The minimum absolute atomic E-state index is 0.0787. The Morgan fingerprint density at radius 2 is 1.86 bits per heavy atom. The van der Waals surface area contributed by atoms with Crippen molar-refractivity contribution in [1.82, 2.24) is 15.1 Å². The molecule has 144 valence electrons. The molecule has 9 heteroatoms. The quantitative estimate of drug-likeness (QED) is 0.703. The van der Waals surface area contributed by atoms with Gasteiger partial charge < -0.3 is 20.1 Å². The number of carbonyl (C=O) groups is 1. The summed E-state index contributed by atoms with van der Waals surface area (Å²) in [5.41, 5.74) is 2.09. The molecule has 28 heavy (non-hydrogen) atoms. The average molecular weight is 386 g/mol. The van der Waals surface area contributed by atoms with Crippen LogP contribution in [0.2, 0.25) is 0 Å². The Morgan fingerprint density at radius 1 is 1.07 bits per heavy atom. The van der Waals surface area contributed by atoms with E-state index >= 15 is 0 Å². The summed E-state index contributed by atoms with van der Waals surface area (Å²) in [5.74, 6) is -0.209. The van der Waals surface area contributed by atoms with Crippen molar-refractivity contribution >= 4 is 11.7 Å². The molecule has 0 fully saturated rings. The van der Waals surface area contributed by atoms with Crippen LogP contribution in [0.3, 0.4) is 0 Å². The SMILES string of the molecule is O=C(NCCc1ccn(-c2ccccc2)n1)Nc1ccc2c(c1)OC(F)(F)O2. The first-order valence-corrected chi connectivity index (χ1v) is 8.53. The van der Waals surface area contributed by atoms with Gasteiger partial charge in [-0.2, -0.15) is 5.10 Å². The Hall–Kier alpha value is -3.62. The third kappa shape index (κ3) is 4.03. The molecule has 2 heterocycles. The second-order valence-electron chi connectivity index (χ2n) is 6.05. The summed E-state index contributed by atoms with van der Waals surface area (Å²) >= 11 is 0. The minimum Gasteiger partial charge on any atom is -0.395 e. The van der Waals surface area contributed by atoms with E-state index in [4.69, 9.17) is 0 Å². The number of carbonyl (C=O) groups excluding carboxylic acids is 1. The molecule has 0 aliphatic carbocycles. The molecule has 7 nitrogen and oxygen atoms in total. The molecule has 2 amide bonds. The summed E-state index contributed by atoms with van der Waals surface area (Å²) in [7, 11) is 0. The molecule has 0 radical (unpaired) electrons. The fourth-order valence-corrected chi connectivity index (χ4v) is 2.73. The molecule has 2 N–H and O–H groups in total. The van der Waals surface area contributed by atoms with Gasteiger partial charge >= 0.3 is 12.3 Å². The highest BCUT2D eigenvalue weighted by molar-refractivity contribution is 5.89. The number of benzene rings is 2. The third-order valence-corrected chi connectivity index (χ3v) is 3.99. The molecule has 0 saturated heterocycles. The van der Waals surface area contributed by atoms with Crippen LogP contribution in [0.4, 0.5) is 19.3 Å². The standard InChI is InChI=1S/C19H16F2N4O3/c20-19(21)27-16-7-6-14(12-17(16)28-19)23-18(26)22-10-8-13-9-11-25(24-13)15-4-2-1-3-5-15/h1-7,9,11-12H,8,10H2,(H2,22,23,26). The van der Waals surface area contributed by atoms with Crippen molar-refractivity contribution in [3.8, 4) is 17.2 Å². The minimum atomic E-state index is -3.69. The van der Waals surface area contributed by atoms with Crippen LogP contribution in [0.1, 0.15) is 5.69 Å². The Bertz CT molecular complexity index is 992. The molecule has 2 aromatic carbocycles. The highest BCUT2D eigenvalue weighted by Crippen LogP contribution is 2.42. The third-order valence-electron chi connectivity index (χ3n) is 3.99. The number of alkyl halides is 2. The lowest BCUT2D eigenvalue weighted by Crippen LogP contribution is -2.30. The topological polar surface area (TPSA) is 77.4 Å². The summed E-state index contributed by atoms with van der Waals surface area (Å²) < 4.78 is 36.5. The van der Waals surface area contributed by atoms with Crippen molar-refractivity contribution in [3.63, 3.8) is 0 Å². The van der Waals surface area contributed by atoms with Crippen LogP contribution in [0.25, 0.3) is 5.69 Å². The van der Waals surface area contributed by atoms with Gasteiger partial charge in [-0.3, -0.25) is 0 Å². The number of amides is 2. The van der Waals surface area contributed by atoms with Gasteiger partial charge in [-0.05, 0) is 30.3 Å². The van der Waals surface area contributed by atoms with Gasteiger partial charge in [-0.1, -0.05) is 18.2 Å². The first-order chi connectivity index (χ1) is 13.5. The highest BCUT2D eigenvalue weighted by Gasteiger charge is 2.43. The maximum atomic E-state index is 13.0. The van der Waals surface area contributed by atoms with Crippen molar-refractivity contribution in [2.24, 2.45) is 0 Å². The highest BCUT2D eigenvalue weighted by atomic mass is 19.3. The van der Waals surface area contributed by atoms with Gasteiger partial charge in [-0.25, -0.2) is 9.48 Å². The maximum absolute atomic E-state index is 13.0. The summed E-state index contributed by atoms with van der Waals surface area (Å²) in [6, 6.07) is 15.1. The van der Waals surface area contributed by atoms with E-state index < -0.39 is 12.3 Å². The Morgan fingerprint density at radius 3 is 2.68 bits per heavy atom. The fraction of sp³-hybridized carbons (Fsp3) is 0.158. The molecule has 4 rings (SSSR count). The van der Waals surface area contributed by atoms with Crippen molar-refractivity contribution in [3.05, 3.63) is 66.5 Å². The van der Waals surface area contributed by atoms with E-state index in [9.17, 15) is 13.6 Å². The number of halogens is 2. The maximum Gasteiger partial charge on any atom is 0.586 e. The van der Waals surface area contributed by atoms with Crippen molar-refractivity contribution in [2.45, 2.75) is 12.7 Å². The molecule has 1 aliphatic heterocycles. The molecule has 1 aromatic heterocycles. The first kappa shape index (κ1) is 17.8. The second kappa shape index (κ2) is 7.18. The van der Waals surface area contributed by atoms with E-state index in [1.54, 1.807) is 4.68 Å². The monoisotopic (exact) mass is 386 g/mol. The van der Waals surface area contributed by atoms with Crippen LogP contribution >= 0.6 is 0 Å². The lowest BCUT2D eigenvalue weighted by molar-refractivity contribution is -0.286. The van der Waals surface area contributed by atoms with Gasteiger partial charge in [0.2, 0.25) is 0 Å². The van der Waals surface area contributed by atoms with E-state index in [1.807, 2.05) is 42.6 Å². The molecule has 0 bridgehead atoms. The first-order valence-electron chi connectivity index (χ1n) is 8.53. The summed E-state index contributed by atoms with van der Waals surface area (Å²) in [5, 5.41) is 9.71. The molecule has 1 aliphatic rings. The number of anilines is 1. The summed E-state index contributed by atoms with van der Waals surface area (Å²) in [4.78, 5) is 12.0. The van der Waals surface area contributed by atoms with E-state index in [0.29, 0.717) is 18.7 Å². The van der Waals surface area contributed by atoms with Gasteiger partial charge in [-0.15, -0.1) is 8.78 Å².